The summed E-state index contributed by atoms with van der Waals surface area (Å²) in [5.41, 5.74) is 2.51. The molecule has 2 fully saturated rings. The third kappa shape index (κ3) is 4.47. The Labute approximate surface area is 142 Å². The van der Waals surface area contributed by atoms with E-state index < -0.39 is 0 Å². The second-order valence-corrected chi connectivity index (χ2v) is 7.99. The lowest BCUT2D eigenvalue weighted by Gasteiger charge is -2.31. The van der Waals surface area contributed by atoms with Crippen LogP contribution in [0.2, 0.25) is 0 Å². The van der Waals surface area contributed by atoms with Crippen molar-refractivity contribution < 1.29 is 0 Å². The molecule has 0 aromatic heterocycles. The number of rotatable bonds is 5. The van der Waals surface area contributed by atoms with Crippen molar-refractivity contribution in [1.29, 1.82) is 0 Å². The van der Waals surface area contributed by atoms with Gasteiger partial charge in [0.2, 0.25) is 0 Å². The number of aryl methyl sites for hydroxylation is 1. The van der Waals surface area contributed by atoms with Crippen LogP contribution in [0.15, 0.2) is 30.3 Å². The zero-order valence-electron chi connectivity index (χ0n) is 14.1. The summed E-state index contributed by atoms with van der Waals surface area (Å²) < 4.78 is 0. The number of benzene rings is 1. The molecule has 2 atom stereocenters. The summed E-state index contributed by atoms with van der Waals surface area (Å²) in [7, 11) is 0. The van der Waals surface area contributed by atoms with Crippen molar-refractivity contribution in [2.75, 3.05) is 32.7 Å². The topological polar surface area (TPSA) is 15.3 Å². The third-order valence-electron chi connectivity index (χ3n) is 5.56. The highest BCUT2D eigenvalue weighted by molar-refractivity contribution is 5.85. The molecule has 1 aromatic carbocycles. The molecular weight excluding hydrogens is 292 g/mol. The number of nitrogens with one attached hydrogen (secondary N) is 1. The van der Waals surface area contributed by atoms with Gasteiger partial charge >= 0.3 is 0 Å². The molecule has 0 saturated carbocycles. The van der Waals surface area contributed by atoms with Gasteiger partial charge in [0, 0.05) is 19.6 Å². The number of halogens is 1. The van der Waals surface area contributed by atoms with Gasteiger partial charge in [0.25, 0.3) is 0 Å². The Hall–Kier alpha value is -0.570. The third-order valence-corrected chi connectivity index (χ3v) is 5.56. The molecule has 0 spiro atoms. The van der Waals surface area contributed by atoms with Crippen molar-refractivity contribution in [2.45, 2.75) is 39.5 Å². The molecule has 3 heteroatoms. The Morgan fingerprint density at radius 1 is 1.09 bits per heavy atom. The number of hydrogen-bond donors (Lipinski definition) is 1. The van der Waals surface area contributed by atoms with Crippen LogP contribution in [0, 0.1) is 10.8 Å². The second kappa shape index (κ2) is 7.33. The summed E-state index contributed by atoms with van der Waals surface area (Å²) in [4.78, 5) is 2.72. The Bertz CT molecular complexity index is 456. The smallest absolute Gasteiger partial charge is 0.00482 e. The minimum absolute atomic E-state index is 0. The lowest BCUT2D eigenvalue weighted by atomic mass is 9.83. The monoisotopic (exact) mass is 322 g/mol. The highest BCUT2D eigenvalue weighted by Crippen LogP contribution is 2.37. The van der Waals surface area contributed by atoms with E-state index in [1.54, 1.807) is 0 Å². The number of likely N-dealkylation sites (tertiary alicyclic amines) is 1. The first-order chi connectivity index (χ1) is 10.1. The summed E-state index contributed by atoms with van der Waals surface area (Å²) in [5, 5.41) is 3.53. The van der Waals surface area contributed by atoms with Crippen molar-refractivity contribution in [3.8, 4) is 0 Å². The molecule has 0 amide bonds. The molecule has 1 N–H and O–H groups in total. The van der Waals surface area contributed by atoms with Gasteiger partial charge in [-0.1, -0.05) is 44.2 Å². The Morgan fingerprint density at radius 2 is 1.86 bits per heavy atom. The standard InChI is InChI=1S/C19H30N2.ClH/c1-18(9-8-17-6-4-3-5-7-17)11-13-21(15-18)16-19(2)10-12-20-14-19;/h3-7,20H,8-16H2,1-2H3;1H. The van der Waals surface area contributed by atoms with Crippen LogP contribution in [0.3, 0.4) is 0 Å². The summed E-state index contributed by atoms with van der Waals surface area (Å²) in [5.74, 6) is 0. The molecule has 2 aliphatic heterocycles. The maximum Gasteiger partial charge on any atom is 0.00482 e. The molecule has 2 unspecified atom stereocenters. The molecule has 2 heterocycles. The van der Waals surface area contributed by atoms with E-state index in [-0.39, 0.29) is 12.4 Å². The molecule has 2 aliphatic rings. The van der Waals surface area contributed by atoms with Crippen LogP contribution in [0.4, 0.5) is 0 Å². The molecule has 0 aliphatic carbocycles. The quantitative estimate of drug-likeness (QED) is 0.888. The molecular formula is C19H31ClN2. The predicted octanol–water partition coefficient (Wildman–Crippen LogP) is 3.75. The first-order valence-electron chi connectivity index (χ1n) is 8.54. The van der Waals surface area contributed by atoms with Crippen molar-refractivity contribution in [3.63, 3.8) is 0 Å². The van der Waals surface area contributed by atoms with Crippen LogP contribution in [-0.4, -0.2) is 37.6 Å². The normalized spacial score (nSPS) is 32.1. The Morgan fingerprint density at radius 3 is 2.55 bits per heavy atom. The minimum atomic E-state index is 0. The molecule has 2 nitrogen and oxygen atoms in total. The first kappa shape index (κ1) is 17.8. The van der Waals surface area contributed by atoms with Gasteiger partial charge in [-0.2, -0.15) is 0 Å². The fourth-order valence-electron chi connectivity index (χ4n) is 4.10. The van der Waals surface area contributed by atoms with E-state index in [4.69, 9.17) is 0 Å². The van der Waals surface area contributed by atoms with E-state index in [0.29, 0.717) is 10.8 Å². The molecule has 22 heavy (non-hydrogen) atoms. The summed E-state index contributed by atoms with van der Waals surface area (Å²) in [6, 6.07) is 11.0. The van der Waals surface area contributed by atoms with Gasteiger partial charge in [0.1, 0.15) is 0 Å². The molecule has 2 saturated heterocycles. The SMILES string of the molecule is CC1(CCc2ccccc2)CCN(CC2(C)CCNC2)C1.Cl. The number of hydrogen-bond acceptors (Lipinski definition) is 2. The summed E-state index contributed by atoms with van der Waals surface area (Å²) >= 11 is 0. The lowest BCUT2D eigenvalue weighted by molar-refractivity contribution is 0.186. The minimum Gasteiger partial charge on any atom is -0.316 e. The van der Waals surface area contributed by atoms with Crippen molar-refractivity contribution in [1.82, 2.24) is 10.2 Å². The zero-order valence-corrected chi connectivity index (χ0v) is 14.9. The predicted molar refractivity (Wildman–Crippen MR) is 96.8 cm³/mol. The van der Waals surface area contributed by atoms with Gasteiger partial charge in [0.15, 0.2) is 0 Å². The van der Waals surface area contributed by atoms with Crippen LogP contribution in [0.1, 0.15) is 38.7 Å². The maximum absolute atomic E-state index is 3.53. The molecule has 124 valence electrons. The average Bonchev–Trinajstić information content (AvgIpc) is 3.06. The Balaban J connectivity index is 0.00000176. The molecule has 0 radical (unpaired) electrons. The van der Waals surface area contributed by atoms with Gasteiger partial charge in [0.05, 0.1) is 0 Å². The fourth-order valence-corrected chi connectivity index (χ4v) is 4.10. The van der Waals surface area contributed by atoms with Crippen LogP contribution in [0.25, 0.3) is 0 Å². The van der Waals surface area contributed by atoms with Crippen LogP contribution < -0.4 is 5.32 Å². The van der Waals surface area contributed by atoms with Gasteiger partial charge in [-0.3, -0.25) is 0 Å². The van der Waals surface area contributed by atoms with Crippen LogP contribution >= 0.6 is 12.4 Å². The van der Waals surface area contributed by atoms with E-state index in [1.165, 1.54) is 64.0 Å². The van der Waals surface area contributed by atoms with Gasteiger partial charge in [-0.15, -0.1) is 12.4 Å². The average molecular weight is 323 g/mol. The zero-order chi connectivity index (χ0) is 14.8. The van der Waals surface area contributed by atoms with Crippen LogP contribution in [0.5, 0.6) is 0 Å². The Kier molecular flexibility index (Phi) is 5.93. The van der Waals surface area contributed by atoms with Gasteiger partial charge in [-0.25, -0.2) is 0 Å². The van der Waals surface area contributed by atoms with Crippen molar-refractivity contribution in [3.05, 3.63) is 35.9 Å². The molecule has 1 aromatic rings. The largest absolute Gasteiger partial charge is 0.316 e. The van der Waals surface area contributed by atoms with Gasteiger partial charge < -0.3 is 10.2 Å². The highest BCUT2D eigenvalue weighted by Gasteiger charge is 2.37. The van der Waals surface area contributed by atoms with E-state index in [9.17, 15) is 0 Å². The highest BCUT2D eigenvalue weighted by atomic mass is 35.5. The molecule has 3 rings (SSSR count). The first-order valence-corrected chi connectivity index (χ1v) is 8.54. The van der Waals surface area contributed by atoms with Crippen molar-refractivity contribution >= 4 is 12.4 Å². The number of nitrogens with zero attached hydrogens (tertiary/aromatic N) is 1. The second-order valence-electron chi connectivity index (χ2n) is 7.99. The van der Waals surface area contributed by atoms with E-state index >= 15 is 0 Å². The van der Waals surface area contributed by atoms with E-state index in [1.807, 2.05) is 0 Å². The van der Waals surface area contributed by atoms with E-state index in [2.05, 4.69) is 54.4 Å². The lowest BCUT2D eigenvalue weighted by Crippen LogP contribution is -2.37. The van der Waals surface area contributed by atoms with Crippen LogP contribution in [-0.2, 0) is 6.42 Å². The van der Waals surface area contributed by atoms with Crippen molar-refractivity contribution in [2.24, 2.45) is 10.8 Å². The van der Waals surface area contributed by atoms with Gasteiger partial charge in [-0.05, 0) is 55.2 Å². The fraction of sp³-hybridized carbons (Fsp3) is 0.684. The summed E-state index contributed by atoms with van der Waals surface area (Å²) in [6.07, 6.45) is 5.25. The summed E-state index contributed by atoms with van der Waals surface area (Å²) in [6.45, 7) is 11.2. The van der Waals surface area contributed by atoms with E-state index in [0.717, 1.165) is 0 Å². The molecule has 0 bridgehead atoms. The maximum atomic E-state index is 3.53.